The molecule has 0 saturated heterocycles. The molecule has 0 radical (unpaired) electrons. The minimum absolute atomic E-state index is 0.0393. The molecule has 0 saturated carbocycles. The van der Waals surface area contributed by atoms with Crippen LogP contribution in [-0.2, 0) is 20.2 Å². The molecule has 0 bridgehead atoms. The zero-order valence-electron chi connectivity index (χ0n) is 9.55. The molecule has 0 aliphatic heterocycles. The molecule has 8 nitrogen and oxygen atoms in total. The third kappa shape index (κ3) is 2.54. The van der Waals surface area contributed by atoms with Crippen molar-refractivity contribution in [3.8, 4) is 11.5 Å². The van der Waals surface area contributed by atoms with Gasteiger partial charge in [0, 0.05) is 11.5 Å². The molecular weight excluding hydrogens is 312 g/mol. The predicted octanol–water partition coefficient (Wildman–Crippen LogP) is 0.744. The van der Waals surface area contributed by atoms with E-state index in [0.29, 0.717) is 12.1 Å². The van der Waals surface area contributed by atoms with Crippen molar-refractivity contribution in [1.82, 2.24) is 0 Å². The highest BCUT2D eigenvalue weighted by molar-refractivity contribution is 7.89. The summed E-state index contributed by atoms with van der Waals surface area (Å²) in [6.45, 7) is 0. The standard InChI is InChI=1S/C10H8O8S2/c11-6-1-5-2-9(19(13,14)15)10(20(16,17)18)4-7(5)8(12)3-6/h1-4,11-12H,(H,13,14,15)(H,16,17,18). The third-order valence-electron chi connectivity index (χ3n) is 2.54. The molecule has 108 valence electrons. The first-order valence-electron chi connectivity index (χ1n) is 4.95. The Morgan fingerprint density at radius 3 is 1.75 bits per heavy atom. The molecular formula is C10H8O8S2. The van der Waals surface area contributed by atoms with Gasteiger partial charge in [0.15, 0.2) is 0 Å². The molecule has 2 aromatic carbocycles. The molecule has 2 rings (SSSR count). The summed E-state index contributed by atoms with van der Waals surface area (Å²) in [6, 6.07) is 3.36. The van der Waals surface area contributed by atoms with Crippen molar-refractivity contribution in [2.75, 3.05) is 0 Å². The van der Waals surface area contributed by atoms with Gasteiger partial charge in [-0.25, -0.2) is 0 Å². The smallest absolute Gasteiger partial charge is 0.295 e. The molecule has 0 aromatic heterocycles. The van der Waals surface area contributed by atoms with Crippen LogP contribution in [0.15, 0.2) is 34.1 Å². The Bertz CT molecular complexity index is 912. The van der Waals surface area contributed by atoms with E-state index in [1.807, 2.05) is 0 Å². The van der Waals surface area contributed by atoms with Crippen LogP contribution in [0.2, 0.25) is 0 Å². The van der Waals surface area contributed by atoms with Crippen molar-refractivity contribution in [1.29, 1.82) is 0 Å². The Balaban J connectivity index is 3.05. The highest BCUT2D eigenvalue weighted by Crippen LogP contribution is 2.34. The van der Waals surface area contributed by atoms with Crippen molar-refractivity contribution in [3.05, 3.63) is 24.3 Å². The van der Waals surface area contributed by atoms with Gasteiger partial charge in [-0.15, -0.1) is 0 Å². The van der Waals surface area contributed by atoms with Gasteiger partial charge in [0.05, 0.1) is 0 Å². The van der Waals surface area contributed by atoms with Crippen LogP contribution in [0.1, 0.15) is 0 Å². The zero-order chi connectivity index (χ0) is 15.3. The minimum Gasteiger partial charge on any atom is -0.508 e. The summed E-state index contributed by atoms with van der Waals surface area (Å²) in [4.78, 5) is -2.13. The van der Waals surface area contributed by atoms with Gasteiger partial charge in [0.25, 0.3) is 20.2 Å². The highest BCUT2D eigenvalue weighted by atomic mass is 32.2. The molecule has 0 fully saturated rings. The Morgan fingerprint density at radius 1 is 0.750 bits per heavy atom. The number of rotatable bonds is 2. The molecule has 4 N–H and O–H groups in total. The lowest BCUT2D eigenvalue weighted by Crippen LogP contribution is -2.08. The predicted molar refractivity (Wildman–Crippen MR) is 66.9 cm³/mol. The van der Waals surface area contributed by atoms with Gasteiger partial charge in [-0.1, -0.05) is 0 Å². The molecule has 2 aromatic rings. The average molecular weight is 320 g/mol. The van der Waals surface area contributed by atoms with Crippen LogP contribution in [-0.4, -0.2) is 36.2 Å². The number of aromatic hydroxyl groups is 2. The maximum atomic E-state index is 11.2. The summed E-state index contributed by atoms with van der Waals surface area (Å²) in [6.07, 6.45) is 0. The Morgan fingerprint density at radius 2 is 1.25 bits per heavy atom. The molecule has 10 heteroatoms. The van der Waals surface area contributed by atoms with E-state index >= 15 is 0 Å². The Hall–Kier alpha value is -1.88. The lowest BCUT2D eigenvalue weighted by molar-refractivity contribution is 0.454. The maximum absolute atomic E-state index is 11.2. The van der Waals surface area contributed by atoms with Gasteiger partial charge in [0.1, 0.15) is 21.3 Å². The fourth-order valence-corrected chi connectivity index (χ4v) is 3.54. The van der Waals surface area contributed by atoms with Crippen LogP contribution in [0.3, 0.4) is 0 Å². The van der Waals surface area contributed by atoms with Gasteiger partial charge < -0.3 is 10.2 Å². The highest BCUT2D eigenvalue weighted by Gasteiger charge is 2.25. The minimum atomic E-state index is -4.95. The molecule has 0 spiro atoms. The molecule has 0 aliphatic rings. The zero-order valence-corrected chi connectivity index (χ0v) is 11.2. The number of fused-ring (bicyclic) bond motifs is 1. The fourth-order valence-electron chi connectivity index (χ4n) is 1.74. The molecule has 0 heterocycles. The van der Waals surface area contributed by atoms with Crippen LogP contribution >= 0.6 is 0 Å². The van der Waals surface area contributed by atoms with Gasteiger partial charge in [-0.2, -0.15) is 16.8 Å². The van der Waals surface area contributed by atoms with Crippen LogP contribution in [0.25, 0.3) is 10.8 Å². The van der Waals surface area contributed by atoms with Crippen molar-refractivity contribution < 1.29 is 36.2 Å². The SMILES string of the molecule is O=S(=O)(O)c1cc2cc(O)cc(O)c2cc1S(=O)(=O)O. The summed E-state index contributed by atoms with van der Waals surface area (Å²) in [7, 11) is -9.88. The van der Waals surface area contributed by atoms with E-state index in [1.165, 1.54) is 0 Å². The van der Waals surface area contributed by atoms with Crippen LogP contribution in [0.5, 0.6) is 11.5 Å². The van der Waals surface area contributed by atoms with E-state index in [4.69, 9.17) is 9.11 Å². The summed E-state index contributed by atoms with van der Waals surface area (Å²) in [5.74, 6) is -0.914. The van der Waals surface area contributed by atoms with Gasteiger partial charge in [-0.05, 0) is 23.6 Å². The second-order valence-corrected chi connectivity index (χ2v) is 6.72. The third-order valence-corrected chi connectivity index (χ3v) is 4.45. The van der Waals surface area contributed by atoms with Crippen LogP contribution in [0, 0.1) is 0 Å². The molecule has 0 atom stereocenters. The fraction of sp³-hybridized carbons (Fsp3) is 0. The summed E-state index contributed by atoms with van der Waals surface area (Å²) in [5, 5.41) is 18.7. The number of hydrogen-bond acceptors (Lipinski definition) is 6. The normalized spacial score (nSPS) is 12.7. The van der Waals surface area contributed by atoms with E-state index in [9.17, 15) is 27.0 Å². The van der Waals surface area contributed by atoms with Gasteiger partial charge in [0.2, 0.25) is 0 Å². The topological polar surface area (TPSA) is 149 Å². The van der Waals surface area contributed by atoms with Crippen molar-refractivity contribution >= 4 is 31.0 Å². The molecule has 0 unspecified atom stereocenters. The second kappa shape index (κ2) is 4.31. The lowest BCUT2D eigenvalue weighted by atomic mass is 10.1. The van der Waals surface area contributed by atoms with Crippen molar-refractivity contribution in [2.24, 2.45) is 0 Å². The molecule has 0 aliphatic carbocycles. The lowest BCUT2D eigenvalue weighted by Gasteiger charge is -2.08. The summed E-state index contributed by atoms with van der Waals surface area (Å²) < 4.78 is 62.7. The maximum Gasteiger partial charge on any atom is 0.295 e. The first-order chi connectivity index (χ1) is 9.00. The Labute approximate surface area is 113 Å². The van der Waals surface area contributed by atoms with Crippen LogP contribution < -0.4 is 0 Å². The van der Waals surface area contributed by atoms with E-state index in [2.05, 4.69) is 0 Å². The van der Waals surface area contributed by atoms with Crippen molar-refractivity contribution in [3.63, 3.8) is 0 Å². The number of phenols is 2. The second-order valence-electron chi connectivity index (χ2n) is 3.94. The first-order valence-corrected chi connectivity index (χ1v) is 7.83. The monoisotopic (exact) mass is 320 g/mol. The van der Waals surface area contributed by atoms with E-state index in [1.54, 1.807) is 0 Å². The summed E-state index contributed by atoms with van der Waals surface area (Å²) in [5.41, 5.74) is 0. The molecule has 20 heavy (non-hydrogen) atoms. The first kappa shape index (κ1) is 14.5. The van der Waals surface area contributed by atoms with E-state index in [0.717, 1.165) is 12.1 Å². The number of phenolic OH excluding ortho intramolecular Hbond substituents is 2. The number of benzene rings is 2. The average Bonchev–Trinajstić information content (AvgIpc) is 2.24. The van der Waals surface area contributed by atoms with Gasteiger partial charge >= 0.3 is 0 Å². The van der Waals surface area contributed by atoms with Gasteiger partial charge in [-0.3, -0.25) is 9.11 Å². The number of hydrogen-bond donors (Lipinski definition) is 4. The van der Waals surface area contributed by atoms with E-state index < -0.39 is 41.5 Å². The van der Waals surface area contributed by atoms with E-state index in [-0.39, 0.29) is 10.8 Å². The quantitative estimate of drug-likeness (QED) is 0.592. The summed E-state index contributed by atoms with van der Waals surface area (Å²) >= 11 is 0. The largest absolute Gasteiger partial charge is 0.508 e. The molecule has 0 amide bonds. The van der Waals surface area contributed by atoms with Crippen molar-refractivity contribution in [2.45, 2.75) is 9.79 Å². The van der Waals surface area contributed by atoms with Crippen LogP contribution in [0.4, 0.5) is 0 Å². The Kier molecular flexibility index (Phi) is 3.13.